The Morgan fingerprint density at radius 2 is 1.85 bits per heavy atom. The number of carbonyl (C=O) groups excluding carboxylic acids is 2. The summed E-state index contributed by atoms with van der Waals surface area (Å²) in [6.45, 7) is 2.46. The molecule has 8 heteroatoms. The van der Waals surface area contributed by atoms with Crippen molar-refractivity contribution in [2.45, 2.75) is 44.6 Å². The first-order valence-corrected chi connectivity index (χ1v) is 11.3. The zero-order valence-corrected chi connectivity index (χ0v) is 18.4. The summed E-state index contributed by atoms with van der Waals surface area (Å²) in [6.07, 6.45) is 4.03. The molecule has 2 saturated carbocycles. The second-order valence-electron chi connectivity index (χ2n) is 8.51. The lowest BCUT2D eigenvalue weighted by Crippen LogP contribution is -2.32. The molecule has 3 aromatic rings. The van der Waals surface area contributed by atoms with E-state index in [4.69, 9.17) is 4.74 Å². The van der Waals surface area contributed by atoms with E-state index in [1.54, 1.807) is 36.4 Å². The maximum Gasteiger partial charge on any atom is 0.342 e. The average Bonchev–Trinajstić information content (AvgIpc) is 3.75. The highest BCUT2D eigenvalue weighted by Crippen LogP contribution is 2.42. The van der Waals surface area contributed by atoms with Crippen LogP contribution in [0.25, 0.3) is 11.3 Å². The largest absolute Gasteiger partial charge is 0.507 e. The van der Waals surface area contributed by atoms with E-state index in [1.165, 1.54) is 10.7 Å². The molecule has 2 aliphatic rings. The molecule has 2 aliphatic carbocycles. The van der Waals surface area contributed by atoms with Gasteiger partial charge in [0.25, 0.3) is 5.91 Å². The summed E-state index contributed by atoms with van der Waals surface area (Å²) in [5.74, 6) is 0.765. The summed E-state index contributed by atoms with van der Waals surface area (Å²) in [6, 6.07) is 13.6. The van der Waals surface area contributed by atoms with Gasteiger partial charge in [0, 0.05) is 28.8 Å². The van der Waals surface area contributed by atoms with E-state index in [0.29, 0.717) is 40.8 Å². The zero-order valence-electron chi connectivity index (χ0n) is 18.4. The number of hydrogen-bond acceptors (Lipinski definition) is 5. The van der Waals surface area contributed by atoms with Crippen molar-refractivity contribution in [1.29, 1.82) is 0 Å². The SMILES string of the molecule is CCOc1ccc(C(=O)Nc2ccc(O)c(-c3cc(C4CC4)n(C(=O)NC4CC4)n3)c2)cc1. The van der Waals surface area contributed by atoms with Crippen molar-refractivity contribution in [3.05, 3.63) is 59.8 Å². The molecule has 0 aliphatic heterocycles. The van der Waals surface area contributed by atoms with Crippen molar-refractivity contribution in [3.8, 4) is 22.8 Å². The quantitative estimate of drug-likeness (QED) is 0.463. The number of nitrogens with zero attached hydrogens (tertiary/aromatic N) is 2. The molecule has 0 radical (unpaired) electrons. The van der Waals surface area contributed by atoms with Crippen molar-refractivity contribution in [2.75, 3.05) is 11.9 Å². The molecule has 5 rings (SSSR count). The van der Waals surface area contributed by atoms with Gasteiger partial charge in [-0.3, -0.25) is 4.79 Å². The molecule has 2 aromatic carbocycles. The number of phenols is 1. The van der Waals surface area contributed by atoms with E-state index in [0.717, 1.165) is 31.4 Å². The lowest BCUT2D eigenvalue weighted by atomic mass is 10.1. The third-order valence-electron chi connectivity index (χ3n) is 5.79. The number of anilines is 1. The number of amides is 2. The number of nitrogens with one attached hydrogen (secondary N) is 2. The Hall–Kier alpha value is -3.81. The zero-order chi connectivity index (χ0) is 22.9. The number of hydrogen-bond donors (Lipinski definition) is 3. The fourth-order valence-corrected chi connectivity index (χ4v) is 3.71. The lowest BCUT2D eigenvalue weighted by molar-refractivity contribution is 0.102. The molecular weight excluding hydrogens is 420 g/mol. The standard InChI is InChI=1S/C25H26N4O4/c1-2-33-19-10-5-16(6-11-19)24(31)26-18-9-12-23(30)20(13-18)21-14-22(15-3-4-15)29(28-21)25(32)27-17-7-8-17/h5-6,9-15,17,30H,2-4,7-8H2,1H3,(H,26,31)(H,27,32). The van der Waals surface area contributed by atoms with Crippen LogP contribution in [0.15, 0.2) is 48.5 Å². The van der Waals surface area contributed by atoms with Gasteiger partial charge in [0.05, 0.1) is 18.0 Å². The molecule has 0 atom stereocenters. The normalized spacial score (nSPS) is 15.2. The predicted molar refractivity (Wildman–Crippen MR) is 124 cm³/mol. The summed E-state index contributed by atoms with van der Waals surface area (Å²) in [5, 5.41) is 20.8. The van der Waals surface area contributed by atoms with Crippen molar-refractivity contribution in [1.82, 2.24) is 15.1 Å². The molecular formula is C25H26N4O4. The van der Waals surface area contributed by atoms with Crippen LogP contribution in [0.5, 0.6) is 11.5 Å². The van der Waals surface area contributed by atoms with Crippen LogP contribution in [-0.2, 0) is 0 Å². The molecule has 0 unspecified atom stereocenters. The molecule has 0 saturated heterocycles. The van der Waals surface area contributed by atoms with Gasteiger partial charge in [0.1, 0.15) is 11.5 Å². The number of phenolic OH excluding ortho intramolecular Hbond substituents is 1. The van der Waals surface area contributed by atoms with Crippen molar-refractivity contribution < 1.29 is 19.4 Å². The Kier molecular flexibility index (Phi) is 5.50. The predicted octanol–water partition coefficient (Wildman–Crippen LogP) is 4.50. The Morgan fingerprint density at radius 3 is 2.52 bits per heavy atom. The van der Waals surface area contributed by atoms with Crippen LogP contribution in [0.4, 0.5) is 10.5 Å². The Morgan fingerprint density at radius 1 is 1.09 bits per heavy atom. The van der Waals surface area contributed by atoms with Crippen molar-refractivity contribution >= 4 is 17.6 Å². The van der Waals surface area contributed by atoms with Crippen LogP contribution >= 0.6 is 0 Å². The summed E-state index contributed by atoms with van der Waals surface area (Å²) in [7, 11) is 0. The van der Waals surface area contributed by atoms with Gasteiger partial charge in [-0.15, -0.1) is 0 Å². The van der Waals surface area contributed by atoms with Gasteiger partial charge < -0.3 is 20.5 Å². The van der Waals surface area contributed by atoms with Gasteiger partial charge >= 0.3 is 6.03 Å². The molecule has 8 nitrogen and oxygen atoms in total. The Balaban J connectivity index is 1.38. The Bertz CT molecular complexity index is 1190. The van der Waals surface area contributed by atoms with E-state index in [9.17, 15) is 14.7 Å². The molecule has 1 aromatic heterocycles. The highest BCUT2D eigenvalue weighted by molar-refractivity contribution is 6.04. The van der Waals surface area contributed by atoms with Crippen LogP contribution in [0, 0.1) is 0 Å². The minimum absolute atomic E-state index is 0.0312. The number of aromatic hydroxyl groups is 1. The minimum atomic E-state index is -0.275. The average molecular weight is 447 g/mol. The van der Waals surface area contributed by atoms with E-state index in [1.807, 2.05) is 13.0 Å². The van der Waals surface area contributed by atoms with Crippen LogP contribution in [-0.4, -0.2) is 39.5 Å². The lowest BCUT2D eigenvalue weighted by Gasteiger charge is -2.09. The van der Waals surface area contributed by atoms with Gasteiger partial charge in [-0.2, -0.15) is 9.78 Å². The smallest absolute Gasteiger partial charge is 0.342 e. The van der Waals surface area contributed by atoms with Gasteiger partial charge in [0.2, 0.25) is 0 Å². The van der Waals surface area contributed by atoms with Crippen molar-refractivity contribution in [3.63, 3.8) is 0 Å². The second kappa shape index (κ2) is 8.61. The maximum atomic E-state index is 12.7. The van der Waals surface area contributed by atoms with E-state index in [-0.39, 0.29) is 23.7 Å². The third-order valence-corrected chi connectivity index (χ3v) is 5.79. The van der Waals surface area contributed by atoms with Gasteiger partial charge in [-0.25, -0.2) is 4.79 Å². The second-order valence-corrected chi connectivity index (χ2v) is 8.51. The number of ether oxygens (including phenoxy) is 1. The fraction of sp³-hybridized carbons (Fsp3) is 0.320. The first-order valence-electron chi connectivity index (χ1n) is 11.3. The van der Waals surface area contributed by atoms with Crippen LogP contribution in [0.1, 0.15) is 54.6 Å². The highest BCUT2D eigenvalue weighted by Gasteiger charge is 2.32. The first kappa shape index (κ1) is 21.1. The molecule has 2 amide bonds. The molecule has 0 spiro atoms. The molecule has 3 N–H and O–H groups in total. The molecule has 170 valence electrons. The summed E-state index contributed by atoms with van der Waals surface area (Å²) >= 11 is 0. The van der Waals surface area contributed by atoms with Crippen LogP contribution in [0.2, 0.25) is 0 Å². The van der Waals surface area contributed by atoms with Gasteiger partial charge in [-0.05, 0) is 81.1 Å². The van der Waals surface area contributed by atoms with Crippen molar-refractivity contribution in [2.24, 2.45) is 0 Å². The molecule has 1 heterocycles. The van der Waals surface area contributed by atoms with E-state index in [2.05, 4.69) is 15.7 Å². The number of carbonyl (C=O) groups is 2. The first-order chi connectivity index (χ1) is 16.0. The van der Waals surface area contributed by atoms with E-state index < -0.39 is 0 Å². The van der Waals surface area contributed by atoms with Gasteiger partial charge in [-0.1, -0.05) is 0 Å². The summed E-state index contributed by atoms with van der Waals surface area (Å²) in [5.41, 5.74) is 2.82. The Labute approximate surface area is 191 Å². The van der Waals surface area contributed by atoms with E-state index >= 15 is 0 Å². The minimum Gasteiger partial charge on any atom is -0.507 e. The summed E-state index contributed by atoms with van der Waals surface area (Å²) in [4.78, 5) is 25.4. The monoisotopic (exact) mass is 446 g/mol. The number of aromatic nitrogens is 2. The molecule has 0 bridgehead atoms. The van der Waals surface area contributed by atoms with Crippen LogP contribution < -0.4 is 15.4 Å². The maximum absolute atomic E-state index is 12.7. The molecule has 33 heavy (non-hydrogen) atoms. The molecule has 2 fully saturated rings. The van der Waals surface area contributed by atoms with Gasteiger partial charge in [0.15, 0.2) is 0 Å². The number of rotatable bonds is 7. The van der Waals surface area contributed by atoms with Crippen LogP contribution in [0.3, 0.4) is 0 Å². The highest BCUT2D eigenvalue weighted by atomic mass is 16.5. The topological polar surface area (TPSA) is 105 Å². The third kappa shape index (κ3) is 4.69. The number of benzene rings is 2. The summed E-state index contributed by atoms with van der Waals surface area (Å²) < 4.78 is 6.84. The fourth-order valence-electron chi connectivity index (χ4n) is 3.71.